The van der Waals surface area contributed by atoms with E-state index in [0.717, 1.165) is 17.5 Å². The molecule has 2 aromatic rings. The van der Waals surface area contributed by atoms with Gasteiger partial charge in [-0.1, -0.05) is 48.0 Å². The molecule has 0 saturated carbocycles. The van der Waals surface area contributed by atoms with Gasteiger partial charge in [-0.25, -0.2) is 0 Å². The van der Waals surface area contributed by atoms with Gasteiger partial charge in [0, 0.05) is 12.5 Å². The second kappa shape index (κ2) is 6.00. The van der Waals surface area contributed by atoms with Crippen molar-refractivity contribution in [3.05, 3.63) is 70.3 Å². The zero-order chi connectivity index (χ0) is 14.8. The maximum atomic E-state index is 10.8. The van der Waals surface area contributed by atoms with Gasteiger partial charge in [0.2, 0.25) is 0 Å². The lowest BCUT2D eigenvalue weighted by atomic mass is 9.87. The van der Waals surface area contributed by atoms with Gasteiger partial charge in [0.1, 0.15) is 0 Å². The molecule has 110 valence electrons. The normalized spacial score (nSPS) is 16.5. The molecule has 0 saturated heterocycles. The summed E-state index contributed by atoms with van der Waals surface area (Å²) in [4.78, 5) is 0. The Hall–Kier alpha value is -1.64. The number of nitrogens with two attached hydrogens (primary N) is 1. The molecule has 0 heterocycles. The van der Waals surface area contributed by atoms with Crippen LogP contribution in [0.1, 0.15) is 46.3 Å². The molecule has 1 aliphatic rings. The van der Waals surface area contributed by atoms with E-state index in [9.17, 15) is 5.11 Å². The zero-order valence-corrected chi connectivity index (χ0v) is 12.5. The van der Waals surface area contributed by atoms with Crippen molar-refractivity contribution >= 4 is 0 Å². The fourth-order valence-corrected chi connectivity index (χ4v) is 3.36. The highest BCUT2D eigenvalue weighted by Crippen LogP contribution is 2.33. The van der Waals surface area contributed by atoms with Gasteiger partial charge >= 0.3 is 0 Å². The molecule has 3 rings (SSSR count). The number of aliphatic hydroxyl groups excluding tert-OH is 1. The molecule has 0 amide bonds. The third kappa shape index (κ3) is 2.87. The predicted molar refractivity (Wildman–Crippen MR) is 86.4 cm³/mol. The van der Waals surface area contributed by atoms with Crippen molar-refractivity contribution < 1.29 is 5.11 Å². The molecule has 0 aliphatic heterocycles. The van der Waals surface area contributed by atoms with Gasteiger partial charge in [-0.15, -0.1) is 0 Å². The van der Waals surface area contributed by atoms with Crippen LogP contribution in [0.4, 0.5) is 0 Å². The summed E-state index contributed by atoms with van der Waals surface area (Å²) in [5.41, 5.74) is 12.1. The molecular weight excluding hydrogens is 258 g/mol. The van der Waals surface area contributed by atoms with E-state index in [2.05, 4.69) is 43.3 Å². The molecule has 1 aliphatic carbocycles. The Morgan fingerprint density at radius 3 is 2.62 bits per heavy atom. The van der Waals surface area contributed by atoms with E-state index in [4.69, 9.17) is 5.73 Å². The van der Waals surface area contributed by atoms with E-state index in [1.807, 2.05) is 6.07 Å². The largest absolute Gasteiger partial charge is 0.388 e. The Kier molecular flexibility index (Phi) is 4.09. The molecule has 2 nitrogen and oxygen atoms in total. The van der Waals surface area contributed by atoms with E-state index < -0.39 is 6.10 Å². The first-order valence-corrected chi connectivity index (χ1v) is 7.75. The SMILES string of the molecule is Cc1cccc(C(CN)C(O)c2ccc3c(c2)CCC3)c1. The number of hydrogen-bond donors (Lipinski definition) is 2. The lowest BCUT2D eigenvalue weighted by Crippen LogP contribution is -2.20. The van der Waals surface area contributed by atoms with Crippen molar-refractivity contribution in [2.45, 2.75) is 38.2 Å². The third-order valence-electron chi connectivity index (χ3n) is 4.57. The van der Waals surface area contributed by atoms with Crippen molar-refractivity contribution in [2.24, 2.45) is 5.73 Å². The van der Waals surface area contributed by atoms with Gasteiger partial charge in [0.05, 0.1) is 6.10 Å². The standard InChI is InChI=1S/C19H23NO/c1-13-4-2-7-16(10-13)18(12-20)19(21)17-9-8-14-5-3-6-15(14)11-17/h2,4,7-11,18-19,21H,3,5-6,12,20H2,1H3. The van der Waals surface area contributed by atoms with Gasteiger partial charge in [-0.05, 0) is 48.4 Å². The average Bonchev–Trinajstić information content (AvgIpc) is 2.95. The molecule has 0 radical (unpaired) electrons. The first kappa shape index (κ1) is 14.3. The van der Waals surface area contributed by atoms with Crippen LogP contribution in [0, 0.1) is 6.92 Å². The first-order valence-electron chi connectivity index (χ1n) is 7.75. The summed E-state index contributed by atoms with van der Waals surface area (Å²) >= 11 is 0. The molecule has 21 heavy (non-hydrogen) atoms. The van der Waals surface area contributed by atoms with Crippen LogP contribution in [-0.2, 0) is 12.8 Å². The van der Waals surface area contributed by atoms with E-state index in [-0.39, 0.29) is 5.92 Å². The Morgan fingerprint density at radius 1 is 1.05 bits per heavy atom. The summed E-state index contributed by atoms with van der Waals surface area (Å²) in [6.07, 6.45) is 2.99. The molecule has 2 heteroatoms. The van der Waals surface area contributed by atoms with Crippen LogP contribution in [0.5, 0.6) is 0 Å². The molecule has 0 fully saturated rings. The monoisotopic (exact) mass is 281 g/mol. The van der Waals surface area contributed by atoms with Gasteiger partial charge < -0.3 is 10.8 Å². The molecule has 0 aromatic heterocycles. The molecule has 2 unspecified atom stereocenters. The van der Waals surface area contributed by atoms with Crippen molar-refractivity contribution in [2.75, 3.05) is 6.54 Å². The Bertz CT molecular complexity index is 635. The summed E-state index contributed by atoms with van der Waals surface area (Å²) in [5, 5.41) is 10.8. The van der Waals surface area contributed by atoms with Gasteiger partial charge in [-0.3, -0.25) is 0 Å². The van der Waals surface area contributed by atoms with Crippen LogP contribution in [-0.4, -0.2) is 11.7 Å². The van der Waals surface area contributed by atoms with Crippen LogP contribution in [0.2, 0.25) is 0 Å². The quantitative estimate of drug-likeness (QED) is 0.903. The van der Waals surface area contributed by atoms with E-state index >= 15 is 0 Å². The summed E-state index contributed by atoms with van der Waals surface area (Å²) < 4.78 is 0. The Balaban J connectivity index is 1.90. The summed E-state index contributed by atoms with van der Waals surface area (Å²) in [6, 6.07) is 14.7. The highest BCUT2D eigenvalue weighted by molar-refractivity contribution is 5.38. The van der Waals surface area contributed by atoms with Gasteiger partial charge in [0.15, 0.2) is 0 Å². The molecule has 0 bridgehead atoms. The minimum absolute atomic E-state index is 0.0515. The zero-order valence-electron chi connectivity index (χ0n) is 12.5. The number of hydrogen-bond acceptors (Lipinski definition) is 2. The maximum absolute atomic E-state index is 10.8. The number of rotatable bonds is 4. The van der Waals surface area contributed by atoms with Crippen LogP contribution < -0.4 is 5.73 Å². The van der Waals surface area contributed by atoms with E-state index in [1.165, 1.54) is 29.5 Å². The minimum atomic E-state index is -0.539. The predicted octanol–water partition coefficient (Wildman–Crippen LogP) is 3.26. The van der Waals surface area contributed by atoms with Crippen LogP contribution in [0.25, 0.3) is 0 Å². The third-order valence-corrected chi connectivity index (χ3v) is 4.57. The average molecular weight is 281 g/mol. The minimum Gasteiger partial charge on any atom is -0.388 e. The lowest BCUT2D eigenvalue weighted by molar-refractivity contribution is 0.147. The fourth-order valence-electron chi connectivity index (χ4n) is 3.36. The second-order valence-corrected chi connectivity index (χ2v) is 6.08. The van der Waals surface area contributed by atoms with E-state index in [1.54, 1.807) is 0 Å². The van der Waals surface area contributed by atoms with Crippen LogP contribution in [0.3, 0.4) is 0 Å². The highest BCUT2D eigenvalue weighted by Gasteiger charge is 2.23. The van der Waals surface area contributed by atoms with E-state index in [0.29, 0.717) is 6.54 Å². The molecular formula is C19H23NO. The Morgan fingerprint density at radius 2 is 1.86 bits per heavy atom. The topological polar surface area (TPSA) is 46.2 Å². The molecule has 0 spiro atoms. The van der Waals surface area contributed by atoms with Gasteiger partial charge in [-0.2, -0.15) is 0 Å². The fraction of sp³-hybridized carbons (Fsp3) is 0.368. The summed E-state index contributed by atoms with van der Waals surface area (Å²) in [5.74, 6) is -0.0515. The smallest absolute Gasteiger partial charge is 0.0870 e. The molecule has 2 atom stereocenters. The lowest BCUT2D eigenvalue weighted by Gasteiger charge is -2.23. The first-order chi connectivity index (χ1) is 10.2. The number of benzene rings is 2. The highest BCUT2D eigenvalue weighted by atomic mass is 16.3. The van der Waals surface area contributed by atoms with Crippen molar-refractivity contribution in [3.63, 3.8) is 0 Å². The van der Waals surface area contributed by atoms with Gasteiger partial charge in [0.25, 0.3) is 0 Å². The van der Waals surface area contributed by atoms with Crippen molar-refractivity contribution in [1.82, 2.24) is 0 Å². The van der Waals surface area contributed by atoms with Crippen LogP contribution in [0.15, 0.2) is 42.5 Å². The van der Waals surface area contributed by atoms with Crippen LogP contribution >= 0.6 is 0 Å². The maximum Gasteiger partial charge on any atom is 0.0870 e. The van der Waals surface area contributed by atoms with Crippen molar-refractivity contribution in [3.8, 4) is 0 Å². The summed E-state index contributed by atoms with van der Waals surface area (Å²) in [7, 11) is 0. The Labute approximate surface area is 126 Å². The molecule has 2 aromatic carbocycles. The number of aryl methyl sites for hydroxylation is 3. The molecule has 3 N–H and O–H groups in total. The second-order valence-electron chi connectivity index (χ2n) is 6.08. The van der Waals surface area contributed by atoms with Crippen molar-refractivity contribution in [1.29, 1.82) is 0 Å². The number of fused-ring (bicyclic) bond motifs is 1. The number of aliphatic hydroxyl groups is 1. The summed E-state index contributed by atoms with van der Waals surface area (Å²) in [6.45, 7) is 2.51.